The summed E-state index contributed by atoms with van der Waals surface area (Å²) in [6.07, 6.45) is -1.15. The van der Waals surface area contributed by atoms with Crippen molar-refractivity contribution in [3.8, 4) is 16.9 Å². The first-order valence-electron chi connectivity index (χ1n) is 10.1. The number of halogens is 1. The maximum atomic E-state index is 12.4. The third-order valence-corrected chi connectivity index (χ3v) is 6.42. The van der Waals surface area contributed by atoms with Crippen LogP contribution in [0.5, 0.6) is 5.75 Å². The van der Waals surface area contributed by atoms with Gasteiger partial charge < -0.3 is 19.9 Å². The number of ether oxygens (including phenoxy) is 2. The number of anilines is 1. The van der Waals surface area contributed by atoms with Gasteiger partial charge in [-0.05, 0) is 58.4 Å². The van der Waals surface area contributed by atoms with Crippen LogP contribution >= 0.6 is 22.9 Å². The molecule has 0 saturated carbocycles. The summed E-state index contributed by atoms with van der Waals surface area (Å²) in [5.74, 6) is -0.359. The normalized spacial score (nSPS) is 14.6. The number of nitrogens with one attached hydrogen (secondary N) is 1. The molecule has 1 aromatic heterocycles. The van der Waals surface area contributed by atoms with Gasteiger partial charge in [0.2, 0.25) is 0 Å². The second-order valence-electron chi connectivity index (χ2n) is 8.59. The molecule has 0 amide bonds. The Morgan fingerprint density at radius 1 is 1.35 bits per heavy atom. The van der Waals surface area contributed by atoms with Crippen LogP contribution in [0.2, 0.25) is 5.02 Å². The summed E-state index contributed by atoms with van der Waals surface area (Å²) in [5, 5.41) is 14.8. The van der Waals surface area contributed by atoms with E-state index < -0.39 is 17.7 Å². The molecule has 0 bridgehead atoms. The van der Waals surface area contributed by atoms with Gasteiger partial charge in [-0.25, -0.2) is 9.78 Å². The molecule has 2 N–H and O–H groups in total. The molecule has 0 saturated heterocycles. The monoisotopic (exact) mass is 460 g/mol. The summed E-state index contributed by atoms with van der Waals surface area (Å²) in [7, 11) is 0. The zero-order chi connectivity index (χ0) is 22.5. The number of aliphatic carboxylic acids is 1. The van der Waals surface area contributed by atoms with Crippen molar-refractivity contribution in [1.29, 1.82) is 0 Å². The van der Waals surface area contributed by atoms with Crippen molar-refractivity contribution < 1.29 is 19.4 Å². The molecule has 1 unspecified atom stereocenters. The Labute approximate surface area is 190 Å². The number of aryl methyl sites for hydroxylation is 2. The van der Waals surface area contributed by atoms with Gasteiger partial charge >= 0.3 is 5.97 Å². The fourth-order valence-corrected chi connectivity index (χ4v) is 5.18. The van der Waals surface area contributed by atoms with Crippen LogP contribution in [0.4, 0.5) is 5.69 Å². The minimum absolute atomic E-state index is 0.497. The summed E-state index contributed by atoms with van der Waals surface area (Å²) < 4.78 is 12.6. The first-order chi connectivity index (χ1) is 14.6. The standard InChI is InChI=1S/C23H25ClN2O4S/c1-11-10-14-21(31-12(2)26-14)17(16(11)20(22(27)28)30-23(3,4)5)13-6-7-15-19(18(13)24)25-8-9-29-15/h6-7,10,20,25H,8-9H2,1-5H3,(H,27,28). The van der Waals surface area contributed by atoms with Crippen LogP contribution in [0, 0.1) is 13.8 Å². The number of fused-ring (bicyclic) bond motifs is 2. The van der Waals surface area contributed by atoms with Crippen molar-refractivity contribution in [3.05, 3.63) is 39.4 Å². The van der Waals surface area contributed by atoms with Crippen molar-refractivity contribution in [2.75, 3.05) is 18.5 Å². The van der Waals surface area contributed by atoms with E-state index in [4.69, 9.17) is 21.1 Å². The van der Waals surface area contributed by atoms with Crippen LogP contribution in [0.1, 0.15) is 43.0 Å². The summed E-state index contributed by atoms with van der Waals surface area (Å²) in [6, 6.07) is 5.68. The Hall–Kier alpha value is -2.35. The van der Waals surface area contributed by atoms with E-state index in [9.17, 15) is 9.90 Å². The van der Waals surface area contributed by atoms with Crippen molar-refractivity contribution in [3.63, 3.8) is 0 Å². The average Bonchev–Trinajstić information content (AvgIpc) is 3.05. The third-order valence-electron chi connectivity index (χ3n) is 5.03. The summed E-state index contributed by atoms with van der Waals surface area (Å²) in [6.45, 7) is 10.6. The number of carboxylic acid groups (broad SMARTS) is 1. The fourth-order valence-electron chi connectivity index (χ4n) is 3.89. The topological polar surface area (TPSA) is 80.7 Å². The number of carboxylic acids is 1. The highest BCUT2D eigenvalue weighted by atomic mass is 35.5. The zero-order valence-electron chi connectivity index (χ0n) is 18.1. The number of carbonyl (C=O) groups is 1. The highest BCUT2D eigenvalue weighted by Gasteiger charge is 2.33. The smallest absolute Gasteiger partial charge is 0.337 e. The van der Waals surface area contributed by atoms with Crippen LogP contribution in [0.15, 0.2) is 18.2 Å². The molecule has 1 aliphatic heterocycles. The van der Waals surface area contributed by atoms with E-state index in [0.29, 0.717) is 29.5 Å². The second kappa shape index (κ2) is 7.97. The Morgan fingerprint density at radius 2 is 2.10 bits per heavy atom. The van der Waals surface area contributed by atoms with Gasteiger partial charge in [0.15, 0.2) is 6.10 Å². The number of rotatable bonds is 4. The molecule has 1 atom stereocenters. The van der Waals surface area contributed by atoms with E-state index in [1.165, 1.54) is 11.3 Å². The average molecular weight is 461 g/mol. The lowest BCUT2D eigenvalue weighted by molar-refractivity contribution is -0.160. The van der Waals surface area contributed by atoms with Gasteiger partial charge in [0.1, 0.15) is 12.4 Å². The molecular formula is C23H25ClN2O4S. The van der Waals surface area contributed by atoms with E-state index in [1.807, 2.05) is 52.8 Å². The molecule has 0 fully saturated rings. The van der Waals surface area contributed by atoms with Gasteiger partial charge in [-0.1, -0.05) is 11.6 Å². The predicted octanol–water partition coefficient (Wildman–Crippen LogP) is 5.98. The van der Waals surface area contributed by atoms with Crippen molar-refractivity contribution in [2.24, 2.45) is 0 Å². The first-order valence-corrected chi connectivity index (χ1v) is 11.3. The zero-order valence-corrected chi connectivity index (χ0v) is 19.7. The fraction of sp³-hybridized carbons (Fsp3) is 0.391. The Kier molecular flexibility index (Phi) is 5.62. The van der Waals surface area contributed by atoms with E-state index in [2.05, 4.69) is 10.3 Å². The molecule has 2 aromatic carbocycles. The third kappa shape index (κ3) is 4.10. The minimum atomic E-state index is -1.15. The van der Waals surface area contributed by atoms with Gasteiger partial charge in [0.25, 0.3) is 0 Å². The maximum absolute atomic E-state index is 12.4. The molecule has 0 radical (unpaired) electrons. The van der Waals surface area contributed by atoms with Gasteiger partial charge in [-0.3, -0.25) is 0 Å². The van der Waals surface area contributed by atoms with Crippen molar-refractivity contribution in [1.82, 2.24) is 4.98 Å². The summed E-state index contributed by atoms with van der Waals surface area (Å²) >= 11 is 8.38. The Morgan fingerprint density at radius 3 is 2.77 bits per heavy atom. The van der Waals surface area contributed by atoms with Gasteiger partial charge in [0.05, 0.1) is 31.5 Å². The lowest BCUT2D eigenvalue weighted by Crippen LogP contribution is -2.28. The van der Waals surface area contributed by atoms with Crippen molar-refractivity contribution >= 4 is 44.8 Å². The van der Waals surface area contributed by atoms with Crippen LogP contribution in [-0.2, 0) is 9.53 Å². The van der Waals surface area contributed by atoms with E-state index >= 15 is 0 Å². The molecule has 1 aliphatic rings. The summed E-state index contributed by atoms with van der Waals surface area (Å²) in [4.78, 5) is 17.0. The lowest BCUT2D eigenvalue weighted by Gasteiger charge is -2.28. The highest BCUT2D eigenvalue weighted by molar-refractivity contribution is 7.19. The van der Waals surface area contributed by atoms with Crippen LogP contribution < -0.4 is 10.1 Å². The second-order valence-corrected chi connectivity index (χ2v) is 10.2. The molecule has 0 spiro atoms. The van der Waals surface area contributed by atoms with Gasteiger partial charge in [0, 0.05) is 23.2 Å². The van der Waals surface area contributed by atoms with E-state index in [0.717, 1.165) is 37.6 Å². The number of nitrogens with zero attached hydrogens (tertiary/aromatic N) is 1. The summed E-state index contributed by atoms with van der Waals surface area (Å²) in [5.41, 5.74) is 3.75. The van der Waals surface area contributed by atoms with Crippen molar-refractivity contribution in [2.45, 2.75) is 46.3 Å². The molecule has 31 heavy (non-hydrogen) atoms. The Bertz CT molecular complexity index is 1180. The Balaban J connectivity index is 2.06. The molecule has 3 aromatic rings. The molecule has 8 heteroatoms. The minimum Gasteiger partial charge on any atom is -0.490 e. The molecule has 4 rings (SSSR count). The molecule has 164 valence electrons. The number of aromatic nitrogens is 1. The number of hydrogen-bond acceptors (Lipinski definition) is 6. The lowest BCUT2D eigenvalue weighted by atomic mass is 9.90. The van der Waals surface area contributed by atoms with E-state index in [1.54, 1.807) is 0 Å². The van der Waals surface area contributed by atoms with Crippen LogP contribution in [-0.4, -0.2) is 34.8 Å². The maximum Gasteiger partial charge on any atom is 0.337 e. The van der Waals surface area contributed by atoms with Crippen LogP contribution in [0.25, 0.3) is 21.3 Å². The largest absolute Gasteiger partial charge is 0.490 e. The molecule has 2 heterocycles. The van der Waals surface area contributed by atoms with E-state index in [-0.39, 0.29) is 0 Å². The number of thiazole rings is 1. The first kappa shape index (κ1) is 21.9. The highest BCUT2D eigenvalue weighted by Crippen LogP contribution is 2.48. The van der Waals surface area contributed by atoms with Gasteiger partial charge in [-0.2, -0.15) is 0 Å². The molecular weight excluding hydrogens is 436 g/mol. The van der Waals surface area contributed by atoms with Gasteiger partial charge in [-0.15, -0.1) is 11.3 Å². The number of benzene rings is 2. The predicted molar refractivity (Wildman–Crippen MR) is 125 cm³/mol. The quantitative estimate of drug-likeness (QED) is 0.498. The SMILES string of the molecule is Cc1nc2cc(C)c(C(OC(C)(C)C)C(=O)O)c(-c3ccc4c(c3Cl)NCCO4)c2s1. The molecule has 6 nitrogen and oxygen atoms in total. The van der Waals surface area contributed by atoms with Crippen LogP contribution in [0.3, 0.4) is 0 Å². The molecule has 0 aliphatic carbocycles. The number of hydrogen-bond donors (Lipinski definition) is 2.